The highest BCUT2D eigenvalue weighted by atomic mass is 16.6. The smallest absolute Gasteiger partial charge is 0.418 e. The van der Waals surface area contributed by atoms with Crippen LogP contribution in [0.3, 0.4) is 0 Å². The summed E-state index contributed by atoms with van der Waals surface area (Å²) in [4.78, 5) is 142. The van der Waals surface area contributed by atoms with E-state index in [0.717, 1.165) is 49.6 Å². The lowest BCUT2D eigenvalue weighted by atomic mass is 10.1. The molecule has 8 aromatic rings. The number of methoxy groups -OCH3 is 2. The van der Waals surface area contributed by atoms with Crippen LogP contribution in [-0.4, -0.2) is 149 Å². The molecule has 6 aromatic carbocycles. The third kappa shape index (κ3) is 32.1. The quantitative estimate of drug-likeness (QED) is 0.0102. The van der Waals surface area contributed by atoms with Gasteiger partial charge in [0.15, 0.2) is 36.5 Å². The molecule has 10 rings (SSSR count). The average molecular weight is 1720 g/mol. The Labute approximate surface area is 729 Å². The van der Waals surface area contributed by atoms with Crippen molar-refractivity contribution in [3.63, 3.8) is 0 Å². The van der Waals surface area contributed by atoms with Crippen LogP contribution in [0.4, 0.5) is 21.0 Å². The maximum atomic E-state index is 14.6. The molecule has 2 saturated heterocycles. The second-order valence-corrected chi connectivity index (χ2v) is 30.9. The SMILES string of the molecule is C.CC1(C)OC(=O)NC1=O.CCCCCCCCCCCCCCOC(=O)c1ccc(OC)c(NC(=O)C(c2nc3ccccc3c(=O)n2NCOc2ccccc2)N2C(=O)OC(C)(C)C2=O)c1.CCCCCCCCCCCCCCOC(=O)c1ccc(OC)c(NC(=O)Cc2nc3ccccc3c(=O)n2NCOc2ccccc2)c1.CCN(CC)CC. The molecule has 2 fully saturated rings. The number of cyclic esters (lactones) is 2. The van der Waals surface area contributed by atoms with E-state index in [1.54, 1.807) is 97.1 Å². The standard InChI is InChI=1S/C44H55N5O9.C39H50N4O6.C6H15N.C5H7NO3.CH4/c1-5-6-7-8-9-10-11-12-13-14-15-21-28-56-41(52)31-26-27-36(55-4)35(29-31)47-39(50)37(48-42(53)44(2,3)58-43(48)54)38-46-34-25-20-19-24-33(34)40(51)49(38)45-30-57-32-22-17-16-18-23-32;1-3-4-5-6-7-8-9-10-11-12-13-19-26-48-39(46)30-24-25-35(47-2)34(27-30)42-37(44)28-36-41-33-23-18-17-22-32(33)38(45)43(36)40-29-49-31-20-15-14-16-21-31;1-4-7(5-2)6-3;1-5(2)3(7)6-4(8)9-5;/h16-20,22-27,29,37,45H,5-15,21,28,30H2,1-4H3,(H,47,50);14-18,20-25,27,40H,3-13,19,26,28-29H2,1-2H3,(H,42,44);4-6H2,1-3H3;1-2H3,(H,6,7,8);1H4. The predicted molar refractivity (Wildman–Crippen MR) is 483 cm³/mol. The van der Waals surface area contributed by atoms with E-state index in [2.05, 4.69) is 75.7 Å². The summed E-state index contributed by atoms with van der Waals surface area (Å²) in [5.41, 5.74) is 3.69. The summed E-state index contributed by atoms with van der Waals surface area (Å²) in [7, 11) is 2.87. The summed E-state index contributed by atoms with van der Waals surface area (Å²) in [5.74, 6) is -2.13. The lowest BCUT2D eigenvalue weighted by Gasteiger charge is -2.27. The summed E-state index contributed by atoms with van der Waals surface area (Å²) in [6.07, 6.45) is 27.0. The largest absolute Gasteiger partial charge is 0.495 e. The van der Waals surface area contributed by atoms with Gasteiger partial charge in [0.2, 0.25) is 5.91 Å². The van der Waals surface area contributed by atoms with Crippen LogP contribution in [0.15, 0.2) is 155 Å². The number of ether oxygens (including phenoxy) is 8. The van der Waals surface area contributed by atoms with Gasteiger partial charge in [-0.05, 0) is 145 Å². The van der Waals surface area contributed by atoms with E-state index in [4.69, 9.17) is 33.2 Å². The number of hydrogen-bond donors (Lipinski definition) is 5. The monoisotopic (exact) mass is 1710 g/mol. The Bertz CT molecular complexity index is 4800. The van der Waals surface area contributed by atoms with Crippen LogP contribution in [0.25, 0.3) is 21.8 Å². The molecule has 124 heavy (non-hydrogen) atoms. The van der Waals surface area contributed by atoms with Crippen molar-refractivity contribution in [3.05, 3.63) is 189 Å². The molecule has 2 aliphatic heterocycles. The van der Waals surface area contributed by atoms with Gasteiger partial charge in [-0.3, -0.25) is 44.9 Å². The minimum absolute atomic E-state index is 0. The average Bonchev–Trinajstić information content (AvgIpc) is 0.866. The molecule has 6 amide bonds. The normalized spacial score (nSPS) is 13.1. The molecule has 0 spiro atoms. The Balaban J connectivity index is 0.000000325. The van der Waals surface area contributed by atoms with E-state index in [9.17, 15) is 47.9 Å². The number of benzene rings is 6. The number of carbonyl (C=O) groups is 8. The number of aromatic nitrogens is 4. The zero-order chi connectivity index (χ0) is 88.9. The Kier molecular flexibility index (Phi) is 43.9. The molecule has 0 bridgehead atoms. The van der Waals surface area contributed by atoms with Crippen molar-refractivity contribution in [2.75, 3.05) is 82.0 Å². The third-order valence-corrected chi connectivity index (χ3v) is 20.7. The molecule has 0 radical (unpaired) electrons. The second kappa shape index (κ2) is 53.9. The fourth-order valence-corrected chi connectivity index (χ4v) is 13.6. The fourth-order valence-electron chi connectivity index (χ4n) is 13.6. The number of unbranched alkanes of at least 4 members (excludes halogenated alkanes) is 22. The third-order valence-electron chi connectivity index (χ3n) is 20.7. The number of rotatable bonds is 48. The number of carbonyl (C=O) groups excluding carboxylic acids is 8. The summed E-state index contributed by atoms with van der Waals surface area (Å²) in [6, 6.07) is 38.7. The highest BCUT2D eigenvalue weighted by molar-refractivity contribution is 6.09. The molecular weight excluding hydrogens is 1580 g/mol. The van der Waals surface area contributed by atoms with Gasteiger partial charge < -0.3 is 53.4 Å². The van der Waals surface area contributed by atoms with Gasteiger partial charge >= 0.3 is 24.1 Å². The van der Waals surface area contributed by atoms with Crippen LogP contribution in [0.5, 0.6) is 23.0 Å². The van der Waals surface area contributed by atoms with Crippen LogP contribution < -0.4 is 56.9 Å². The number of amides is 6. The van der Waals surface area contributed by atoms with Gasteiger partial charge in [0.1, 0.15) is 28.8 Å². The molecule has 4 heterocycles. The number of nitrogens with one attached hydrogen (secondary N) is 5. The minimum atomic E-state index is -1.85. The van der Waals surface area contributed by atoms with Crippen LogP contribution in [0.2, 0.25) is 0 Å². The van der Waals surface area contributed by atoms with Gasteiger partial charge in [-0.1, -0.05) is 244 Å². The van der Waals surface area contributed by atoms with Crippen molar-refractivity contribution < 1.29 is 76.3 Å². The molecule has 29 nitrogen and oxygen atoms in total. The molecule has 2 aromatic heterocycles. The van der Waals surface area contributed by atoms with Crippen LogP contribution in [-0.2, 0) is 44.5 Å². The second-order valence-electron chi connectivity index (χ2n) is 30.9. The molecule has 0 aliphatic carbocycles. The first-order valence-corrected chi connectivity index (χ1v) is 43.4. The number of hydrogen-bond acceptors (Lipinski definition) is 23. The molecule has 674 valence electrons. The maximum Gasteiger partial charge on any atom is 0.418 e. The highest BCUT2D eigenvalue weighted by Crippen LogP contribution is 2.35. The summed E-state index contributed by atoms with van der Waals surface area (Å²) >= 11 is 0. The van der Waals surface area contributed by atoms with Crippen molar-refractivity contribution in [1.82, 2.24) is 34.4 Å². The number of alkyl carbamates (subject to hydrolysis) is 1. The number of anilines is 2. The Morgan fingerprint density at radius 3 is 1.27 bits per heavy atom. The van der Waals surface area contributed by atoms with Gasteiger partial charge in [0, 0.05) is 0 Å². The minimum Gasteiger partial charge on any atom is -0.495 e. The van der Waals surface area contributed by atoms with E-state index in [-0.39, 0.29) is 84.9 Å². The molecule has 0 saturated carbocycles. The molecular formula is C95H131N11O18. The topological polar surface area (TPSA) is 347 Å². The van der Waals surface area contributed by atoms with Crippen molar-refractivity contribution in [2.24, 2.45) is 0 Å². The molecule has 1 atom stereocenters. The van der Waals surface area contributed by atoms with E-state index < -0.39 is 64.6 Å². The van der Waals surface area contributed by atoms with E-state index in [0.29, 0.717) is 50.9 Å². The van der Waals surface area contributed by atoms with E-state index in [1.807, 2.05) is 29.6 Å². The van der Waals surface area contributed by atoms with E-state index >= 15 is 0 Å². The number of nitrogens with zero attached hydrogens (tertiary/aromatic N) is 6. The Morgan fingerprint density at radius 2 is 0.879 bits per heavy atom. The lowest BCUT2D eigenvalue weighted by Crippen LogP contribution is -2.47. The van der Waals surface area contributed by atoms with E-state index in [1.165, 1.54) is 200 Å². The van der Waals surface area contributed by atoms with Gasteiger partial charge in [-0.2, -0.15) is 0 Å². The molecule has 5 N–H and O–H groups in total. The Hall–Kier alpha value is -11.9. The number of fused-ring (bicyclic) bond motifs is 2. The number of imide groups is 2. The van der Waals surface area contributed by atoms with Crippen molar-refractivity contribution in [2.45, 2.75) is 248 Å². The summed E-state index contributed by atoms with van der Waals surface area (Å²) in [5, 5.41) is 8.12. The zero-order valence-corrected chi connectivity index (χ0v) is 73.6. The van der Waals surface area contributed by atoms with Crippen molar-refractivity contribution in [3.8, 4) is 23.0 Å². The predicted octanol–water partition coefficient (Wildman–Crippen LogP) is 18.3. The first-order valence-electron chi connectivity index (χ1n) is 43.4. The van der Waals surface area contributed by atoms with Gasteiger partial charge in [-0.15, -0.1) is 0 Å². The summed E-state index contributed by atoms with van der Waals surface area (Å²) < 4.78 is 45.7. The summed E-state index contributed by atoms with van der Waals surface area (Å²) in [6.45, 7) is 20.8. The van der Waals surface area contributed by atoms with Crippen LogP contribution in [0, 0.1) is 0 Å². The maximum absolute atomic E-state index is 14.6. The molecule has 1 unspecified atom stereocenters. The Morgan fingerprint density at radius 1 is 0.476 bits per heavy atom. The number of esters is 2. The van der Waals surface area contributed by atoms with Crippen LogP contribution >= 0.6 is 0 Å². The van der Waals surface area contributed by atoms with Gasteiger partial charge in [0.05, 0.1) is 78.2 Å². The number of para-hydroxylation sites is 4. The van der Waals surface area contributed by atoms with Gasteiger partial charge in [-0.25, -0.2) is 43.4 Å². The first kappa shape index (κ1) is 101. The lowest BCUT2D eigenvalue weighted by molar-refractivity contribution is -0.139. The molecule has 2 aliphatic rings. The van der Waals surface area contributed by atoms with Crippen LogP contribution in [0.1, 0.15) is 262 Å². The molecule has 29 heteroatoms. The fraction of sp³-hybridized carbons (Fsp3) is 0.495. The first-order chi connectivity index (χ1) is 59.4. The zero-order valence-electron chi connectivity index (χ0n) is 73.6. The van der Waals surface area contributed by atoms with Crippen molar-refractivity contribution in [1.29, 1.82) is 0 Å². The highest BCUT2D eigenvalue weighted by Gasteiger charge is 2.54. The van der Waals surface area contributed by atoms with Crippen molar-refractivity contribution >= 4 is 80.9 Å². The van der Waals surface area contributed by atoms with Gasteiger partial charge in [0.25, 0.3) is 28.8 Å².